The third-order valence-corrected chi connectivity index (χ3v) is 5.35. The molecule has 1 aliphatic carbocycles. The predicted molar refractivity (Wildman–Crippen MR) is 87.8 cm³/mol. The summed E-state index contributed by atoms with van der Waals surface area (Å²) >= 11 is 0. The minimum absolute atomic E-state index is 0.479. The normalized spacial score (nSPS) is 21.6. The Morgan fingerprint density at radius 2 is 2.05 bits per heavy atom. The zero-order valence-electron chi connectivity index (χ0n) is 13.5. The van der Waals surface area contributed by atoms with Crippen LogP contribution in [0.25, 0.3) is 0 Å². The molecule has 1 saturated carbocycles. The van der Waals surface area contributed by atoms with Crippen molar-refractivity contribution in [2.45, 2.75) is 70.9 Å². The van der Waals surface area contributed by atoms with Crippen LogP contribution in [-0.4, -0.2) is 12.6 Å². The van der Waals surface area contributed by atoms with E-state index < -0.39 is 0 Å². The lowest BCUT2D eigenvalue weighted by atomic mass is 9.84. The lowest BCUT2D eigenvalue weighted by Gasteiger charge is -2.32. The molecule has 3 rings (SSSR count). The summed E-state index contributed by atoms with van der Waals surface area (Å²) in [4.78, 5) is 0. The lowest BCUT2D eigenvalue weighted by Crippen LogP contribution is -2.37. The number of nitrogens with one attached hydrogen (secondary N) is 1. The zero-order chi connectivity index (χ0) is 14.7. The maximum absolute atomic E-state index is 5.62. The Morgan fingerprint density at radius 3 is 2.81 bits per heavy atom. The van der Waals surface area contributed by atoms with Crippen LogP contribution in [0, 0.1) is 5.92 Å². The van der Waals surface area contributed by atoms with Crippen LogP contribution in [0.2, 0.25) is 0 Å². The van der Waals surface area contributed by atoms with Crippen LogP contribution in [0.3, 0.4) is 0 Å². The second-order valence-corrected chi connectivity index (χ2v) is 6.78. The molecule has 0 saturated heterocycles. The van der Waals surface area contributed by atoms with Crippen LogP contribution in [0.4, 0.5) is 0 Å². The van der Waals surface area contributed by atoms with Crippen LogP contribution in [0.15, 0.2) is 18.2 Å². The van der Waals surface area contributed by atoms with Gasteiger partial charge in [-0.15, -0.1) is 0 Å². The highest BCUT2D eigenvalue weighted by Crippen LogP contribution is 2.31. The minimum atomic E-state index is 0.479. The molecule has 2 atom stereocenters. The Bertz CT molecular complexity index is 465. The van der Waals surface area contributed by atoms with E-state index in [1.54, 1.807) is 0 Å². The van der Waals surface area contributed by atoms with Gasteiger partial charge in [0.25, 0.3) is 0 Å². The Morgan fingerprint density at radius 1 is 1.24 bits per heavy atom. The van der Waals surface area contributed by atoms with E-state index in [-0.39, 0.29) is 0 Å². The Labute approximate surface area is 129 Å². The third-order valence-electron chi connectivity index (χ3n) is 5.35. The molecular formula is C19H29NO. The zero-order valence-corrected chi connectivity index (χ0v) is 13.5. The van der Waals surface area contributed by atoms with E-state index in [4.69, 9.17) is 4.74 Å². The van der Waals surface area contributed by atoms with E-state index in [0.717, 1.165) is 31.1 Å². The number of hydrogen-bond acceptors (Lipinski definition) is 2. The molecule has 0 amide bonds. The summed E-state index contributed by atoms with van der Waals surface area (Å²) in [7, 11) is 0. The van der Waals surface area contributed by atoms with Gasteiger partial charge in [0.05, 0.1) is 6.61 Å². The van der Waals surface area contributed by atoms with Gasteiger partial charge in [-0.1, -0.05) is 38.3 Å². The summed E-state index contributed by atoms with van der Waals surface area (Å²) in [5, 5.41) is 3.90. The molecule has 2 aliphatic rings. The maximum Gasteiger partial charge on any atom is 0.122 e. The van der Waals surface area contributed by atoms with Crippen LogP contribution >= 0.6 is 0 Å². The molecule has 1 N–H and O–H groups in total. The van der Waals surface area contributed by atoms with Crippen molar-refractivity contribution < 1.29 is 4.74 Å². The Hall–Kier alpha value is -1.02. The second kappa shape index (κ2) is 6.83. The van der Waals surface area contributed by atoms with E-state index in [1.807, 2.05) is 0 Å². The average molecular weight is 287 g/mol. The number of fused-ring (bicyclic) bond motifs is 1. The van der Waals surface area contributed by atoms with Crippen molar-refractivity contribution in [3.8, 4) is 5.75 Å². The van der Waals surface area contributed by atoms with Crippen LogP contribution in [-0.2, 0) is 6.42 Å². The van der Waals surface area contributed by atoms with E-state index in [0.29, 0.717) is 12.1 Å². The molecule has 0 spiro atoms. The molecule has 116 valence electrons. The lowest BCUT2D eigenvalue weighted by molar-refractivity contribution is 0.262. The standard InChI is InChI=1S/C19H29NO/c1-3-18(20-14(2)15-7-5-4-6-8-15)16-9-10-19-17(13-16)11-12-21-19/h9-10,13-15,18,20H,3-8,11-12H2,1-2H3. The first-order chi connectivity index (χ1) is 10.3. The molecule has 2 nitrogen and oxygen atoms in total. The third kappa shape index (κ3) is 3.42. The minimum Gasteiger partial charge on any atom is -0.493 e. The first-order valence-electron chi connectivity index (χ1n) is 8.79. The summed E-state index contributed by atoms with van der Waals surface area (Å²) in [6.07, 6.45) is 9.30. The fourth-order valence-corrected chi connectivity index (χ4v) is 3.96. The monoisotopic (exact) mass is 287 g/mol. The highest BCUT2D eigenvalue weighted by atomic mass is 16.5. The van der Waals surface area contributed by atoms with Gasteiger partial charge >= 0.3 is 0 Å². The van der Waals surface area contributed by atoms with Gasteiger partial charge < -0.3 is 10.1 Å². The summed E-state index contributed by atoms with van der Waals surface area (Å²) in [6, 6.07) is 7.87. The van der Waals surface area contributed by atoms with Crippen molar-refractivity contribution in [2.24, 2.45) is 5.92 Å². The van der Waals surface area contributed by atoms with E-state index in [1.165, 1.54) is 43.2 Å². The Balaban J connectivity index is 1.66. The molecule has 0 bridgehead atoms. The van der Waals surface area contributed by atoms with E-state index >= 15 is 0 Å². The summed E-state index contributed by atoms with van der Waals surface area (Å²) < 4.78 is 5.62. The van der Waals surface area contributed by atoms with Crippen molar-refractivity contribution in [3.63, 3.8) is 0 Å². The highest BCUT2D eigenvalue weighted by Gasteiger charge is 2.23. The van der Waals surface area contributed by atoms with Gasteiger partial charge in [-0.05, 0) is 49.3 Å². The largest absolute Gasteiger partial charge is 0.493 e. The molecule has 2 unspecified atom stereocenters. The van der Waals surface area contributed by atoms with Gasteiger partial charge in [0.2, 0.25) is 0 Å². The fourth-order valence-electron chi connectivity index (χ4n) is 3.96. The Kier molecular flexibility index (Phi) is 4.84. The van der Waals surface area contributed by atoms with Crippen molar-refractivity contribution >= 4 is 0 Å². The quantitative estimate of drug-likeness (QED) is 0.852. The first-order valence-corrected chi connectivity index (χ1v) is 8.79. The SMILES string of the molecule is CCC(NC(C)C1CCCCC1)c1ccc2c(c1)CCO2. The highest BCUT2D eigenvalue weighted by molar-refractivity contribution is 5.40. The van der Waals surface area contributed by atoms with E-state index in [9.17, 15) is 0 Å². The molecule has 2 heteroatoms. The molecule has 0 aromatic heterocycles. The van der Waals surface area contributed by atoms with Gasteiger partial charge in [-0.3, -0.25) is 0 Å². The van der Waals surface area contributed by atoms with Crippen molar-refractivity contribution in [1.82, 2.24) is 5.32 Å². The molecular weight excluding hydrogens is 258 g/mol. The molecule has 1 aromatic carbocycles. The van der Waals surface area contributed by atoms with E-state index in [2.05, 4.69) is 37.4 Å². The molecule has 1 heterocycles. The number of rotatable bonds is 5. The first kappa shape index (κ1) is 14.9. The van der Waals surface area contributed by atoms with Gasteiger partial charge in [0.1, 0.15) is 5.75 Å². The predicted octanol–water partition coefficient (Wildman–Crippen LogP) is 4.63. The smallest absolute Gasteiger partial charge is 0.122 e. The molecule has 1 fully saturated rings. The van der Waals surface area contributed by atoms with Crippen molar-refractivity contribution in [2.75, 3.05) is 6.61 Å². The van der Waals surface area contributed by atoms with Gasteiger partial charge in [-0.2, -0.15) is 0 Å². The second-order valence-electron chi connectivity index (χ2n) is 6.78. The number of benzene rings is 1. The average Bonchev–Trinajstić information content (AvgIpc) is 3.00. The van der Waals surface area contributed by atoms with Gasteiger partial charge in [-0.25, -0.2) is 0 Å². The van der Waals surface area contributed by atoms with Crippen LogP contribution in [0.1, 0.15) is 69.5 Å². The number of hydrogen-bond donors (Lipinski definition) is 1. The van der Waals surface area contributed by atoms with Gasteiger partial charge in [0, 0.05) is 18.5 Å². The summed E-state index contributed by atoms with van der Waals surface area (Å²) in [6.45, 7) is 5.52. The number of ether oxygens (including phenoxy) is 1. The molecule has 1 aromatic rings. The van der Waals surface area contributed by atoms with Crippen molar-refractivity contribution in [3.05, 3.63) is 29.3 Å². The van der Waals surface area contributed by atoms with Crippen molar-refractivity contribution in [1.29, 1.82) is 0 Å². The topological polar surface area (TPSA) is 21.3 Å². The summed E-state index contributed by atoms with van der Waals surface area (Å²) in [5.41, 5.74) is 2.82. The maximum atomic E-state index is 5.62. The van der Waals surface area contributed by atoms with Crippen LogP contribution < -0.4 is 10.1 Å². The molecule has 1 aliphatic heterocycles. The molecule has 0 radical (unpaired) electrons. The molecule has 21 heavy (non-hydrogen) atoms. The summed E-state index contributed by atoms with van der Waals surface area (Å²) in [5.74, 6) is 1.96. The van der Waals surface area contributed by atoms with Gasteiger partial charge in [0.15, 0.2) is 0 Å². The van der Waals surface area contributed by atoms with Crippen LogP contribution in [0.5, 0.6) is 5.75 Å². The fraction of sp³-hybridized carbons (Fsp3) is 0.684.